The van der Waals surface area contributed by atoms with Gasteiger partial charge in [-0.2, -0.15) is 0 Å². The zero-order valence-electron chi connectivity index (χ0n) is 15.1. The zero-order chi connectivity index (χ0) is 17.5. The van der Waals surface area contributed by atoms with Gasteiger partial charge in [0.2, 0.25) is 0 Å². The highest BCUT2D eigenvalue weighted by Crippen LogP contribution is 2.41. The molecule has 0 radical (unpaired) electrons. The Balaban J connectivity index is 1.13. The number of nitrogens with zero attached hydrogens (tertiary/aromatic N) is 4. The van der Waals surface area contributed by atoms with Gasteiger partial charge < -0.3 is 0 Å². The highest BCUT2D eigenvalue weighted by Gasteiger charge is 2.28. The fraction of sp³-hybridized carbons (Fsp3) is 0.650. The number of rotatable bonds is 6. The summed E-state index contributed by atoms with van der Waals surface area (Å²) in [5.41, 5.74) is 2.36. The van der Waals surface area contributed by atoms with E-state index in [4.69, 9.17) is 4.98 Å². The van der Waals surface area contributed by atoms with E-state index in [0.717, 1.165) is 50.6 Å². The first-order valence-electron chi connectivity index (χ1n) is 9.97. The van der Waals surface area contributed by atoms with Gasteiger partial charge in [0, 0.05) is 36.4 Å². The van der Waals surface area contributed by atoms with Crippen LogP contribution in [0.15, 0.2) is 22.6 Å². The maximum Gasteiger partial charge on any atom is 0.253 e. The Bertz CT molecular complexity index is 828. The van der Waals surface area contributed by atoms with Gasteiger partial charge >= 0.3 is 0 Å². The summed E-state index contributed by atoms with van der Waals surface area (Å²) in [5.74, 6) is 1.89. The summed E-state index contributed by atoms with van der Waals surface area (Å²) in [6.45, 7) is 3.99. The lowest BCUT2D eigenvalue weighted by Gasteiger charge is -2.31. The van der Waals surface area contributed by atoms with Gasteiger partial charge in [0.25, 0.3) is 5.56 Å². The van der Waals surface area contributed by atoms with Crippen molar-refractivity contribution in [2.75, 3.05) is 13.1 Å². The van der Waals surface area contributed by atoms with Crippen LogP contribution in [0.1, 0.15) is 66.8 Å². The molecule has 5 rings (SSSR count). The van der Waals surface area contributed by atoms with E-state index >= 15 is 0 Å². The van der Waals surface area contributed by atoms with Crippen LogP contribution in [-0.4, -0.2) is 32.5 Å². The fourth-order valence-corrected chi connectivity index (χ4v) is 4.91. The Labute approximate surface area is 158 Å². The molecule has 5 nitrogen and oxygen atoms in total. The third kappa shape index (κ3) is 3.76. The van der Waals surface area contributed by atoms with E-state index in [2.05, 4.69) is 15.3 Å². The molecule has 3 fully saturated rings. The summed E-state index contributed by atoms with van der Waals surface area (Å²) in [6.07, 6.45) is 9.11. The van der Waals surface area contributed by atoms with Gasteiger partial charge in [0.1, 0.15) is 0 Å². The Kier molecular flexibility index (Phi) is 4.41. The summed E-state index contributed by atoms with van der Waals surface area (Å²) in [6, 6.07) is 1.76. The molecule has 0 atom stereocenters. The average molecular weight is 371 g/mol. The van der Waals surface area contributed by atoms with Crippen molar-refractivity contribution >= 4 is 11.3 Å². The minimum atomic E-state index is 0.124. The van der Waals surface area contributed by atoms with Crippen molar-refractivity contribution in [2.24, 2.45) is 5.92 Å². The van der Waals surface area contributed by atoms with Crippen molar-refractivity contribution in [1.29, 1.82) is 0 Å². The molecule has 2 saturated carbocycles. The van der Waals surface area contributed by atoms with Crippen LogP contribution in [0, 0.1) is 5.92 Å². The summed E-state index contributed by atoms with van der Waals surface area (Å²) < 4.78 is 1.81. The lowest BCUT2D eigenvalue weighted by molar-refractivity contribution is 0.165. The minimum Gasteiger partial charge on any atom is -0.299 e. The van der Waals surface area contributed by atoms with Gasteiger partial charge in [-0.1, -0.05) is 0 Å². The number of likely N-dealkylation sites (tertiary alicyclic amines) is 1. The third-order valence-corrected chi connectivity index (χ3v) is 7.00. The second-order valence-electron chi connectivity index (χ2n) is 8.25. The molecule has 0 bridgehead atoms. The van der Waals surface area contributed by atoms with Crippen LogP contribution in [-0.2, 0) is 13.1 Å². The number of thiazole rings is 1. The van der Waals surface area contributed by atoms with E-state index in [-0.39, 0.29) is 5.56 Å². The van der Waals surface area contributed by atoms with Crippen LogP contribution in [0.2, 0.25) is 0 Å². The molecule has 26 heavy (non-hydrogen) atoms. The minimum absolute atomic E-state index is 0.124. The quantitative estimate of drug-likeness (QED) is 0.782. The smallest absolute Gasteiger partial charge is 0.253 e. The highest BCUT2D eigenvalue weighted by atomic mass is 32.1. The van der Waals surface area contributed by atoms with Crippen molar-refractivity contribution in [2.45, 2.75) is 63.5 Å². The Morgan fingerprint density at radius 3 is 2.54 bits per heavy atom. The van der Waals surface area contributed by atoms with Crippen LogP contribution in [0.25, 0.3) is 0 Å². The standard InChI is InChI=1S/C20H26N4OS/c25-19-9-18(15-1-2-15)21-13-24(19)10-14-5-7-23(8-6-14)11-17-12-26-20(22-17)16-3-4-16/h9,12-16H,1-8,10-11H2. The molecule has 3 heterocycles. The van der Waals surface area contributed by atoms with E-state index in [1.165, 1.54) is 36.4 Å². The van der Waals surface area contributed by atoms with Gasteiger partial charge in [-0.3, -0.25) is 14.3 Å². The number of piperidine rings is 1. The van der Waals surface area contributed by atoms with Gasteiger partial charge in [-0.25, -0.2) is 9.97 Å². The molecule has 2 aromatic heterocycles. The Morgan fingerprint density at radius 1 is 1.08 bits per heavy atom. The van der Waals surface area contributed by atoms with Crippen LogP contribution in [0.5, 0.6) is 0 Å². The second-order valence-corrected chi connectivity index (χ2v) is 9.14. The molecule has 0 amide bonds. The predicted octanol–water partition coefficient (Wildman–Crippen LogP) is 3.37. The molecular weight excluding hydrogens is 344 g/mol. The molecular formula is C20H26N4OS. The Hall–Kier alpha value is -1.53. The molecule has 0 spiro atoms. The summed E-state index contributed by atoms with van der Waals surface area (Å²) >= 11 is 1.84. The maximum atomic E-state index is 12.3. The molecule has 2 aromatic rings. The van der Waals surface area contributed by atoms with Gasteiger partial charge in [0.05, 0.1) is 22.7 Å². The highest BCUT2D eigenvalue weighted by molar-refractivity contribution is 7.09. The van der Waals surface area contributed by atoms with E-state index in [9.17, 15) is 4.79 Å². The first-order chi connectivity index (χ1) is 12.7. The molecule has 3 aliphatic rings. The molecule has 0 aromatic carbocycles. The third-order valence-electron chi connectivity index (χ3n) is 5.94. The Morgan fingerprint density at radius 2 is 1.85 bits per heavy atom. The molecule has 2 aliphatic carbocycles. The number of aromatic nitrogens is 3. The fourth-order valence-electron chi connectivity index (χ4n) is 3.93. The van der Waals surface area contributed by atoms with Crippen LogP contribution >= 0.6 is 11.3 Å². The molecule has 1 aliphatic heterocycles. The SMILES string of the molecule is O=c1cc(C2CC2)ncn1CC1CCN(Cc2csc(C3CC3)n2)CC1. The van der Waals surface area contributed by atoms with Crippen LogP contribution in [0.4, 0.5) is 0 Å². The molecule has 1 saturated heterocycles. The lowest BCUT2D eigenvalue weighted by atomic mass is 9.96. The van der Waals surface area contributed by atoms with E-state index in [1.54, 1.807) is 12.4 Å². The van der Waals surface area contributed by atoms with Crippen LogP contribution < -0.4 is 5.56 Å². The molecule has 0 unspecified atom stereocenters. The number of hydrogen-bond donors (Lipinski definition) is 0. The van der Waals surface area contributed by atoms with Gasteiger partial charge in [-0.05, 0) is 57.5 Å². The first-order valence-corrected chi connectivity index (χ1v) is 10.9. The van der Waals surface area contributed by atoms with Crippen molar-refractivity contribution in [3.8, 4) is 0 Å². The summed E-state index contributed by atoms with van der Waals surface area (Å²) in [7, 11) is 0. The van der Waals surface area contributed by atoms with Crippen molar-refractivity contribution < 1.29 is 0 Å². The first kappa shape index (κ1) is 16.6. The lowest BCUT2D eigenvalue weighted by Crippen LogP contribution is -2.36. The van der Waals surface area contributed by atoms with Gasteiger partial charge in [-0.15, -0.1) is 11.3 Å². The molecule has 6 heteroatoms. The van der Waals surface area contributed by atoms with Crippen molar-refractivity contribution in [3.05, 3.63) is 44.5 Å². The van der Waals surface area contributed by atoms with Crippen LogP contribution in [0.3, 0.4) is 0 Å². The largest absolute Gasteiger partial charge is 0.299 e. The van der Waals surface area contributed by atoms with E-state index in [0.29, 0.717) is 11.8 Å². The van der Waals surface area contributed by atoms with E-state index in [1.807, 2.05) is 15.9 Å². The molecule has 0 N–H and O–H groups in total. The average Bonchev–Trinajstić information content (AvgIpc) is 3.57. The normalized spacial score (nSPS) is 22.0. The summed E-state index contributed by atoms with van der Waals surface area (Å²) in [4.78, 5) is 24.2. The predicted molar refractivity (Wildman–Crippen MR) is 103 cm³/mol. The second kappa shape index (κ2) is 6.89. The monoisotopic (exact) mass is 370 g/mol. The van der Waals surface area contributed by atoms with E-state index < -0.39 is 0 Å². The molecule has 138 valence electrons. The zero-order valence-corrected chi connectivity index (χ0v) is 16.0. The van der Waals surface area contributed by atoms with Crippen molar-refractivity contribution in [3.63, 3.8) is 0 Å². The maximum absolute atomic E-state index is 12.3. The van der Waals surface area contributed by atoms with Gasteiger partial charge in [0.15, 0.2) is 0 Å². The van der Waals surface area contributed by atoms with Crippen molar-refractivity contribution in [1.82, 2.24) is 19.4 Å². The summed E-state index contributed by atoms with van der Waals surface area (Å²) in [5, 5.41) is 3.59. The number of hydrogen-bond acceptors (Lipinski definition) is 5. The topological polar surface area (TPSA) is 51.0 Å².